The Bertz CT molecular complexity index is 541. The van der Waals surface area contributed by atoms with Crippen molar-refractivity contribution in [1.82, 2.24) is 4.90 Å². The third-order valence-electron chi connectivity index (χ3n) is 3.97. The van der Waals surface area contributed by atoms with Crippen molar-refractivity contribution in [2.24, 2.45) is 5.92 Å². The number of carbonyl (C=O) groups is 2. The molecule has 0 spiro atoms. The number of benzene rings is 1. The Morgan fingerprint density at radius 3 is 2.41 bits per heavy atom. The lowest BCUT2D eigenvalue weighted by atomic mass is 9.93. The number of rotatable bonds is 4. The lowest BCUT2D eigenvalue weighted by molar-refractivity contribution is -0.143. The molecule has 5 heteroatoms. The Labute approximate surface area is 135 Å². The molecule has 1 fully saturated rings. The third kappa shape index (κ3) is 4.03. The van der Waals surface area contributed by atoms with E-state index >= 15 is 0 Å². The van der Waals surface area contributed by atoms with Crippen molar-refractivity contribution in [2.45, 2.75) is 49.8 Å². The van der Waals surface area contributed by atoms with Gasteiger partial charge in [0.2, 0.25) is 0 Å². The fourth-order valence-corrected chi connectivity index (χ4v) is 3.54. The number of aliphatic carboxylic acids is 1. The van der Waals surface area contributed by atoms with Gasteiger partial charge in [0.05, 0.1) is 5.92 Å². The molecule has 22 heavy (non-hydrogen) atoms. The van der Waals surface area contributed by atoms with Crippen LogP contribution in [0.3, 0.4) is 0 Å². The lowest BCUT2D eigenvalue weighted by Gasteiger charge is -2.36. The van der Waals surface area contributed by atoms with Gasteiger partial charge in [-0.2, -0.15) is 0 Å². The largest absolute Gasteiger partial charge is 0.481 e. The van der Waals surface area contributed by atoms with E-state index in [0.29, 0.717) is 23.8 Å². The first-order valence-corrected chi connectivity index (χ1v) is 8.57. The van der Waals surface area contributed by atoms with E-state index in [4.69, 9.17) is 0 Å². The van der Waals surface area contributed by atoms with Crippen LogP contribution in [-0.2, 0) is 4.79 Å². The molecule has 1 amide bonds. The van der Waals surface area contributed by atoms with Gasteiger partial charge in [0.25, 0.3) is 5.91 Å². The van der Waals surface area contributed by atoms with Crippen LogP contribution in [-0.4, -0.2) is 39.7 Å². The van der Waals surface area contributed by atoms with Gasteiger partial charge < -0.3 is 10.0 Å². The molecule has 0 radical (unpaired) electrons. The maximum atomic E-state index is 12.6. The van der Waals surface area contributed by atoms with Crippen molar-refractivity contribution >= 4 is 23.6 Å². The minimum atomic E-state index is -0.812. The van der Waals surface area contributed by atoms with Crippen LogP contribution in [0.1, 0.15) is 44.0 Å². The summed E-state index contributed by atoms with van der Waals surface area (Å²) in [5, 5.41) is 9.67. The van der Waals surface area contributed by atoms with Crippen molar-refractivity contribution in [3.63, 3.8) is 0 Å². The summed E-state index contributed by atoms with van der Waals surface area (Å²) in [7, 11) is 0. The summed E-state index contributed by atoms with van der Waals surface area (Å²) >= 11 is 1.76. The van der Waals surface area contributed by atoms with Gasteiger partial charge >= 0.3 is 5.97 Å². The molecule has 1 N–H and O–H groups in total. The summed E-state index contributed by atoms with van der Waals surface area (Å²) in [6, 6.07) is 7.68. The Balaban J connectivity index is 2.10. The fraction of sp³-hybridized carbons (Fsp3) is 0.529. The maximum Gasteiger partial charge on any atom is 0.308 e. The van der Waals surface area contributed by atoms with Crippen LogP contribution in [0, 0.1) is 5.92 Å². The molecule has 0 aromatic heterocycles. The molecule has 2 atom stereocenters. The summed E-state index contributed by atoms with van der Waals surface area (Å²) in [5.41, 5.74) is 0.631. The fourth-order valence-electron chi connectivity index (χ4n) is 2.71. The molecule has 0 aliphatic carbocycles. The summed E-state index contributed by atoms with van der Waals surface area (Å²) in [4.78, 5) is 26.7. The predicted molar refractivity (Wildman–Crippen MR) is 88.3 cm³/mol. The van der Waals surface area contributed by atoms with Gasteiger partial charge in [-0.3, -0.25) is 9.59 Å². The zero-order valence-corrected chi connectivity index (χ0v) is 14.1. The van der Waals surface area contributed by atoms with Crippen LogP contribution >= 0.6 is 11.8 Å². The molecule has 120 valence electrons. The molecular weight excluding hydrogens is 298 g/mol. The van der Waals surface area contributed by atoms with Crippen molar-refractivity contribution in [2.75, 3.05) is 6.54 Å². The molecule has 1 aliphatic rings. The highest BCUT2D eigenvalue weighted by atomic mass is 32.2. The second kappa shape index (κ2) is 7.18. The first-order valence-electron chi connectivity index (χ1n) is 7.69. The molecule has 1 heterocycles. The lowest BCUT2D eigenvalue weighted by Crippen LogP contribution is -2.47. The minimum absolute atomic E-state index is 0.0699. The van der Waals surface area contributed by atoms with E-state index in [1.165, 1.54) is 0 Å². The molecule has 0 saturated carbocycles. The van der Waals surface area contributed by atoms with Crippen LogP contribution < -0.4 is 0 Å². The van der Waals surface area contributed by atoms with Crippen LogP contribution in [0.15, 0.2) is 29.2 Å². The van der Waals surface area contributed by atoms with E-state index in [1.54, 1.807) is 16.7 Å². The van der Waals surface area contributed by atoms with E-state index in [-0.39, 0.29) is 11.9 Å². The number of nitrogens with zero attached hydrogens (tertiary/aromatic N) is 1. The van der Waals surface area contributed by atoms with Crippen molar-refractivity contribution < 1.29 is 14.7 Å². The number of thioether (sulfide) groups is 1. The summed E-state index contributed by atoms with van der Waals surface area (Å²) in [5.74, 6) is -1.33. The van der Waals surface area contributed by atoms with Gasteiger partial charge in [-0.25, -0.2) is 0 Å². The van der Waals surface area contributed by atoms with E-state index in [2.05, 4.69) is 13.8 Å². The van der Waals surface area contributed by atoms with Crippen LogP contribution in [0.25, 0.3) is 0 Å². The average molecular weight is 321 g/mol. The Morgan fingerprint density at radius 2 is 1.86 bits per heavy atom. The molecule has 2 unspecified atom stereocenters. The van der Waals surface area contributed by atoms with Crippen LogP contribution in [0.5, 0.6) is 0 Å². The van der Waals surface area contributed by atoms with Crippen molar-refractivity contribution in [1.29, 1.82) is 0 Å². The Morgan fingerprint density at radius 1 is 1.23 bits per heavy atom. The molecular formula is C17H23NO3S. The highest BCUT2D eigenvalue weighted by Crippen LogP contribution is 2.26. The molecule has 4 nitrogen and oxygen atoms in total. The number of hydrogen-bond acceptors (Lipinski definition) is 3. The zero-order chi connectivity index (χ0) is 16.3. The first kappa shape index (κ1) is 16.9. The van der Waals surface area contributed by atoms with Crippen LogP contribution in [0.2, 0.25) is 0 Å². The van der Waals surface area contributed by atoms with Crippen LogP contribution in [0.4, 0.5) is 0 Å². The van der Waals surface area contributed by atoms with Gasteiger partial charge in [-0.05, 0) is 44.0 Å². The number of carboxylic acids is 1. The number of amides is 1. The number of hydrogen-bond donors (Lipinski definition) is 1. The highest BCUT2D eigenvalue weighted by Gasteiger charge is 2.32. The van der Waals surface area contributed by atoms with Gasteiger partial charge in [0, 0.05) is 28.3 Å². The van der Waals surface area contributed by atoms with E-state index in [0.717, 1.165) is 11.3 Å². The monoisotopic (exact) mass is 321 g/mol. The van der Waals surface area contributed by atoms with Gasteiger partial charge in [-0.15, -0.1) is 11.8 Å². The summed E-state index contributed by atoms with van der Waals surface area (Å²) < 4.78 is 0. The SMILES string of the molecule is CC(C)Sc1ccc(C(=O)N2CC(C(=O)O)CCC2C)cc1. The molecule has 0 bridgehead atoms. The topological polar surface area (TPSA) is 57.6 Å². The first-order chi connectivity index (χ1) is 10.4. The Kier molecular flexibility index (Phi) is 5.51. The molecule has 1 saturated heterocycles. The molecule has 1 aromatic rings. The minimum Gasteiger partial charge on any atom is -0.481 e. The van der Waals surface area contributed by atoms with E-state index in [9.17, 15) is 14.7 Å². The van der Waals surface area contributed by atoms with Gasteiger partial charge in [0.15, 0.2) is 0 Å². The quantitative estimate of drug-likeness (QED) is 0.862. The number of likely N-dealkylation sites (tertiary alicyclic amines) is 1. The van der Waals surface area contributed by atoms with Crippen molar-refractivity contribution in [3.8, 4) is 0 Å². The second-order valence-corrected chi connectivity index (χ2v) is 7.76. The zero-order valence-electron chi connectivity index (χ0n) is 13.3. The third-order valence-corrected chi connectivity index (χ3v) is 4.98. The smallest absolute Gasteiger partial charge is 0.308 e. The average Bonchev–Trinajstić information content (AvgIpc) is 2.47. The predicted octanol–water partition coefficient (Wildman–Crippen LogP) is 3.51. The van der Waals surface area contributed by atoms with Gasteiger partial charge in [-0.1, -0.05) is 13.8 Å². The van der Waals surface area contributed by atoms with Gasteiger partial charge in [0.1, 0.15) is 0 Å². The Hall–Kier alpha value is -1.49. The standard InChI is InChI=1S/C17H23NO3S/c1-11(2)22-15-8-6-13(7-9-15)16(19)18-10-14(17(20)21)5-4-12(18)3/h6-9,11-12,14H,4-5,10H2,1-3H3,(H,20,21). The second-order valence-electron chi connectivity index (χ2n) is 6.11. The highest BCUT2D eigenvalue weighted by molar-refractivity contribution is 7.99. The normalized spacial score (nSPS) is 21.9. The number of carbonyl (C=O) groups excluding carboxylic acids is 1. The van der Waals surface area contributed by atoms with Crippen molar-refractivity contribution in [3.05, 3.63) is 29.8 Å². The number of piperidine rings is 1. The summed E-state index contributed by atoms with van der Waals surface area (Å²) in [6.45, 7) is 6.55. The van der Waals surface area contributed by atoms with E-state index < -0.39 is 11.9 Å². The molecule has 2 rings (SSSR count). The summed E-state index contributed by atoms with van der Waals surface area (Å²) in [6.07, 6.45) is 1.38. The van der Waals surface area contributed by atoms with E-state index in [1.807, 2.05) is 31.2 Å². The molecule has 1 aromatic carbocycles. The molecule has 1 aliphatic heterocycles. The maximum absolute atomic E-state index is 12.6. The number of carboxylic acid groups (broad SMARTS) is 1.